The Kier molecular flexibility index (Phi) is 5.03. The molecule has 0 saturated heterocycles. The first-order valence-corrected chi connectivity index (χ1v) is 13.6. The van der Waals surface area contributed by atoms with Crippen molar-refractivity contribution in [1.29, 1.82) is 0 Å². The summed E-state index contributed by atoms with van der Waals surface area (Å²) < 4.78 is 6.41. The fraction of sp³-hybridized carbons (Fsp3) is 0.0526. The molecule has 0 saturated carbocycles. The Hall–Kier alpha value is -4.88. The molecule has 1 aliphatic carbocycles. The van der Waals surface area contributed by atoms with Crippen LogP contribution in [0.5, 0.6) is 5.75 Å². The lowest BCUT2D eigenvalue weighted by molar-refractivity contribution is 0.269. The van der Waals surface area contributed by atoms with E-state index in [9.17, 15) is 0 Å². The minimum Gasteiger partial charge on any atom is -0.485 e. The van der Waals surface area contributed by atoms with Gasteiger partial charge in [-0.05, 0) is 73.1 Å². The van der Waals surface area contributed by atoms with E-state index in [2.05, 4.69) is 146 Å². The summed E-state index contributed by atoms with van der Waals surface area (Å²) in [5.41, 5.74) is 8.81. The Morgan fingerprint density at radius 2 is 1.03 bits per heavy atom. The summed E-state index contributed by atoms with van der Waals surface area (Å²) in [6, 6.07) is 45.8. The van der Waals surface area contributed by atoms with E-state index < -0.39 is 0 Å². The number of hydrogen-bond donors (Lipinski definition) is 0. The molecule has 1 aliphatic heterocycles. The molecule has 2 atom stereocenters. The Morgan fingerprint density at radius 3 is 1.64 bits per heavy atom. The second-order valence-electron chi connectivity index (χ2n) is 10.4. The van der Waals surface area contributed by atoms with E-state index >= 15 is 0 Å². The molecular weight excluding hydrogens is 472 g/mol. The molecule has 0 amide bonds. The number of fused-ring (bicyclic) bond motifs is 5. The predicted molar refractivity (Wildman–Crippen MR) is 163 cm³/mol. The fourth-order valence-corrected chi connectivity index (χ4v) is 6.44. The molecule has 2 aliphatic rings. The van der Waals surface area contributed by atoms with E-state index in [0.29, 0.717) is 0 Å². The third kappa shape index (κ3) is 3.55. The van der Waals surface area contributed by atoms with Crippen molar-refractivity contribution < 1.29 is 4.74 Å². The van der Waals surface area contributed by atoms with Gasteiger partial charge >= 0.3 is 0 Å². The van der Waals surface area contributed by atoms with E-state index in [1.807, 2.05) is 0 Å². The van der Waals surface area contributed by atoms with Crippen LogP contribution in [0.25, 0.3) is 49.4 Å². The number of hydrogen-bond acceptors (Lipinski definition) is 1. The maximum Gasteiger partial charge on any atom is 0.128 e. The van der Waals surface area contributed by atoms with Crippen LogP contribution in [0, 0.1) is 0 Å². The van der Waals surface area contributed by atoms with Crippen LogP contribution in [0.4, 0.5) is 0 Å². The molecule has 1 nitrogen and oxygen atoms in total. The van der Waals surface area contributed by atoms with Crippen molar-refractivity contribution in [3.05, 3.63) is 157 Å². The molecule has 1 heterocycles. The topological polar surface area (TPSA) is 9.23 Å². The van der Waals surface area contributed by atoms with Crippen LogP contribution in [-0.4, -0.2) is 6.10 Å². The highest BCUT2D eigenvalue weighted by Gasteiger charge is 2.34. The van der Waals surface area contributed by atoms with Gasteiger partial charge in [-0.15, -0.1) is 0 Å². The average molecular weight is 499 g/mol. The molecule has 0 fully saturated rings. The Bertz CT molecular complexity index is 1870. The number of ether oxygens (including phenoxy) is 1. The Balaban J connectivity index is 1.35. The minimum atomic E-state index is 0.0386. The quantitative estimate of drug-likeness (QED) is 0.221. The van der Waals surface area contributed by atoms with Gasteiger partial charge in [-0.2, -0.15) is 0 Å². The summed E-state index contributed by atoms with van der Waals surface area (Å²) in [5, 5.41) is 5.10. The molecule has 6 aromatic rings. The summed E-state index contributed by atoms with van der Waals surface area (Å²) in [6.45, 7) is 0. The smallest absolute Gasteiger partial charge is 0.128 e. The van der Waals surface area contributed by atoms with Crippen LogP contribution in [0.1, 0.15) is 17.0 Å². The summed E-state index contributed by atoms with van der Waals surface area (Å²) in [7, 11) is 0. The molecule has 184 valence electrons. The molecule has 6 aromatic carbocycles. The normalized spacial score (nSPS) is 17.5. The van der Waals surface area contributed by atoms with Gasteiger partial charge < -0.3 is 4.74 Å². The number of benzene rings is 6. The maximum atomic E-state index is 6.41. The van der Waals surface area contributed by atoms with E-state index in [4.69, 9.17) is 4.74 Å². The monoisotopic (exact) mass is 498 g/mol. The van der Waals surface area contributed by atoms with Crippen molar-refractivity contribution in [2.75, 3.05) is 0 Å². The summed E-state index contributed by atoms with van der Waals surface area (Å²) in [6.07, 6.45) is 6.83. The van der Waals surface area contributed by atoms with E-state index in [-0.39, 0.29) is 12.0 Å². The van der Waals surface area contributed by atoms with Crippen molar-refractivity contribution in [3.63, 3.8) is 0 Å². The van der Waals surface area contributed by atoms with Gasteiger partial charge in [0.1, 0.15) is 11.9 Å². The molecule has 8 rings (SSSR count). The first-order chi connectivity index (χ1) is 19.3. The highest BCUT2D eigenvalue weighted by molar-refractivity contribution is 6.21. The zero-order valence-corrected chi connectivity index (χ0v) is 21.4. The molecule has 0 spiro atoms. The van der Waals surface area contributed by atoms with Crippen LogP contribution in [0.15, 0.2) is 146 Å². The fourth-order valence-electron chi connectivity index (χ4n) is 6.44. The van der Waals surface area contributed by atoms with Crippen LogP contribution < -0.4 is 4.74 Å². The van der Waals surface area contributed by atoms with Crippen molar-refractivity contribution in [2.45, 2.75) is 12.0 Å². The minimum absolute atomic E-state index is 0.0386. The van der Waals surface area contributed by atoms with Crippen molar-refractivity contribution >= 4 is 27.1 Å². The molecule has 39 heavy (non-hydrogen) atoms. The van der Waals surface area contributed by atoms with Crippen molar-refractivity contribution in [2.24, 2.45) is 0 Å². The highest BCUT2D eigenvalue weighted by atomic mass is 16.5. The lowest BCUT2D eigenvalue weighted by Gasteiger charge is -2.19. The third-order valence-corrected chi connectivity index (χ3v) is 8.20. The van der Waals surface area contributed by atoms with Crippen molar-refractivity contribution in [1.82, 2.24) is 0 Å². The summed E-state index contributed by atoms with van der Waals surface area (Å²) in [5.74, 6) is 1.18. The van der Waals surface area contributed by atoms with Crippen LogP contribution in [0.3, 0.4) is 0 Å². The van der Waals surface area contributed by atoms with Gasteiger partial charge in [0, 0.05) is 11.5 Å². The van der Waals surface area contributed by atoms with Crippen molar-refractivity contribution in [3.8, 4) is 28.0 Å². The molecule has 2 unspecified atom stereocenters. The van der Waals surface area contributed by atoms with E-state index in [0.717, 1.165) is 5.75 Å². The van der Waals surface area contributed by atoms with E-state index in [1.165, 1.54) is 60.5 Å². The zero-order chi connectivity index (χ0) is 25.8. The summed E-state index contributed by atoms with van der Waals surface area (Å²) in [4.78, 5) is 0. The Morgan fingerprint density at radius 1 is 0.487 bits per heavy atom. The van der Waals surface area contributed by atoms with Gasteiger partial charge in [-0.25, -0.2) is 0 Å². The maximum absolute atomic E-state index is 6.41. The SMILES string of the molecule is C1=CC2Oc3ccc(-c4c5ccccc5c(-c5ccccc5)c5ccccc45)cc3C2C=C1c1ccccc1. The molecule has 0 aromatic heterocycles. The van der Waals surface area contributed by atoms with Gasteiger partial charge in [0.25, 0.3) is 0 Å². The molecule has 0 bridgehead atoms. The van der Waals surface area contributed by atoms with Crippen LogP contribution >= 0.6 is 0 Å². The number of allylic oxidation sites excluding steroid dienone is 2. The Labute approximate surface area is 228 Å². The average Bonchev–Trinajstić information content (AvgIpc) is 3.38. The second kappa shape index (κ2) is 8.85. The first-order valence-electron chi connectivity index (χ1n) is 13.6. The summed E-state index contributed by atoms with van der Waals surface area (Å²) >= 11 is 0. The lowest BCUT2D eigenvalue weighted by atomic mass is 9.83. The van der Waals surface area contributed by atoms with Gasteiger partial charge in [0.15, 0.2) is 0 Å². The third-order valence-electron chi connectivity index (χ3n) is 8.20. The molecule has 0 N–H and O–H groups in total. The number of rotatable bonds is 3. The largest absolute Gasteiger partial charge is 0.485 e. The van der Waals surface area contributed by atoms with Gasteiger partial charge in [-0.3, -0.25) is 0 Å². The standard InChI is InChI=1S/C38H26O/c1-3-11-25(12-4-1)27-19-21-35-33(23-27)34-24-28(20-22-36(34)39-35)38-31-17-9-7-15-29(31)37(26-13-5-2-6-14-26)30-16-8-10-18-32(30)38/h1-24,33,35H. The van der Waals surface area contributed by atoms with Gasteiger partial charge in [-0.1, -0.05) is 127 Å². The molecular formula is C38H26O. The molecule has 0 radical (unpaired) electrons. The lowest BCUT2D eigenvalue weighted by Crippen LogP contribution is -2.16. The van der Waals surface area contributed by atoms with Crippen LogP contribution in [0.2, 0.25) is 0 Å². The van der Waals surface area contributed by atoms with Gasteiger partial charge in [0.2, 0.25) is 0 Å². The predicted octanol–water partition coefficient (Wildman–Crippen LogP) is 9.82. The highest BCUT2D eigenvalue weighted by Crippen LogP contribution is 2.48. The first kappa shape index (κ1) is 22.1. The van der Waals surface area contributed by atoms with E-state index in [1.54, 1.807) is 0 Å². The second-order valence-corrected chi connectivity index (χ2v) is 10.4. The van der Waals surface area contributed by atoms with Gasteiger partial charge in [0.05, 0.1) is 0 Å². The van der Waals surface area contributed by atoms with Crippen LogP contribution in [-0.2, 0) is 0 Å². The molecule has 1 heteroatoms. The zero-order valence-electron chi connectivity index (χ0n) is 21.4.